The second-order valence-corrected chi connectivity index (χ2v) is 5.04. The van der Waals surface area contributed by atoms with E-state index in [0.29, 0.717) is 5.02 Å². The standard InChI is InChI=1S/C12H12Cl2N2O2/c13-8-4-5-10(14)9(6-8)12(18)16-15-11(17)7-2-1-3-7/h4-7H,1-3H2,(H,15,17)(H,16,18). The van der Waals surface area contributed by atoms with Crippen molar-refractivity contribution in [3.8, 4) is 0 Å². The third kappa shape index (κ3) is 2.94. The summed E-state index contributed by atoms with van der Waals surface area (Å²) in [6.07, 6.45) is 2.81. The molecule has 0 saturated heterocycles. The Kier molecular flexibility index (Phi) is 4.09. The van der Waals surface area contributed by atoms with E-state index in [9.17, 15) is 9.59 Å². The Hall–Kier alpha value is -1.26. The lowest BCUT2D eigenvalue weighted by atomic mass is 9.85. The SMILES string of the molecule is O=C(NNC(=O)C1CCC1)c1cc(Cl)ccc1Cl. The third-order valence-electron chi connectivity index (χ3n) is 2.95. The van der Waals surface area contributed by atoms with Gasteiger partial charge < -0.3 is 0 Å². The van der Waals surface area contributed by atoms with Crippen LogP contribution in [0.5, 0.6) is 0 Å². The minimum atomic E-state index is -0.477. The summed E-state index contributed by atoms with van der Waals surface area (Å²) in [5.41, 5.74) is 4.96. The number of halogens is 2. The maximum absolute atomic E-state index is 11.8. The van der Waals surface area contributed by atoms with Crippen LogP contribution < -0.4 is 10.9 Å². The fourth-order valence-corrected chi connectivity index (χ4v) is 2.01. The van der Waals surface area contributed by atoms with Crippen molar-refractivity contribution in [2.75, 3.05) is 0 Å². The molecule has 2 rings (SSSR count). The van der Waals surface area contributed by atoms with Crippen molar-refractivity contribution in [3.63, 3.8) is 0 Å². The minimum absolute atomic E-state index is 0.0140. The molecule has 4 nitrogen and oxygen atoms in total. The van der Waals surface area contributed by atoms with Gasteiger partial charge in [0.1, 0.15) is 0 Å². The second-order valence-electron chi connectivity index (χ2n) is 4.20. The fraction of sp³-hybridized carbons (Fsp3) is 0.333. The van der Waals surface area contributed by atoms with E-state index in [2.05, 4.69) is 10.9 Å². The number of nitrogens with one attached hydrogen (secondary N) is 2. The Labute approximate surface area is 115 Å². The van der Waals surface area contributed by atoms with Gasteiger partial charge in [0.2, 0.25) is 5.91 Å². The largest absolute Gasteiger partial charge is 0.273 e. The van der Waals surface area contributed by atoms with Gasteiger partial charge in [0.05, 0.1) is 10.6 Å². The summed E-state index contributed by atoms with van der Waals surface area (Å²) in [5, 5.41) is 0.699. The summed E-state index contributed by atoms with van der Waals surface area (Å²) in [7, 11) is 0. The van der Waals surface area contributed by atoms with E-state index in [4.69, 9.17) is 23.2 Å². The van der Waals surface area contributed by atoms with Gasteiger partial charge in [0.25, 0.3) is 5.91 Å². The van der Waals surface area contributed by atoms with Crippen LogP contribution in [-0.2, 0) is 4.79 Å². The number of benzene rings is 1. The van der Waals surface area contributed by atoms with Crippen LogP contribution in [0.1, 0.15) is 29.6 Å². The van der Waals surface area contributed by atoms with Crippen LogP contribution in [0.4, 0.5) is 0 Å². The van der Waals surface area contributed by atoms with Gasteiger partial charge in [-0.2, -0.15) is 0 Å². The maximum atomic E-state index is 11.8. The number of rotatable bonds is 2. The van der Waals surface area contributed by atoms with E-state index in [1.807, 2.05) is 0 Å². The average Bonchev–Trinajstić information content (AvgIpc) is 2.27. The highest BCUT2D eigenvalue weighted by Gasteiger charge is 2.25. The van der Waals surface area contributed by atoms with Crippen molar-refractivity contribution >= 4 is 35.0 Å². The van der Waals surface area contributed by atoms with Gasteiger partial charge >= 0.3 is 0 Å². The molecule has 1 aromatic carbocycles. The summed E-state index contributed by atoms with van der Waals surface area (Å²) in [4.78, 5) is 23.3. The highest BCUT2D eigenvalue weighted by Crippen LogP contribution is 2.26. The van der Waals surface area contributed by atoms with E-state index >= 15 is 0 Å². The van der Waals surface area contributed by atoms with Crippen molar-refractivity contribution in [3.05, 3.63) is 33.8 Å². The predicted molar refractivity (Wildman–Crippen MR) is 69.4 cm³/mol. The van der Waals surface area contributed by atoms with Gasteiger partial charge in [-0.25, -0.2) is 0 Å². The third-order valence-corrected chi connectivity index (χ3v) is 3.51. The zero-order valence-electron chi connectivity index (χ0n) is 9.50. The van der Waals surface area contributed by atoms with Crippen LogP contribution in [-0.4, -0.2) is 11.8 Å². The van der Waals surface area contributed by atoms with Crippen LogP contribution in [0.3, 0.4) is 0 Å². The highest BCUT2D eigenvalue weighted by molar-refractivity contribution is 6.35. The topological polar surface area (TPSA) is 58.2 Å². The first-order chi connectivity index (χ1) is 8.58. The Balaban J connectivity index is 1.94. The maximum Gasteiger partial charge on any atom is 0.271 e. The molecule has 6 heteroatoms. The molecule has 1 saturated carbocycles. The summed E-state index contributed by atoms with van der Waals surface area (Å²) in [5.74, 6) is -0.622. The van der Waals surface area contributed by atoms with Crippen LogP contribution in [0.25, 0.3) is 0 Å². The van der Waals surface area contributed by atoms with Crippen LogP contribution in [0, 0.1) is 5.92 Å². The number of carbonyl (C=O) groups excluding carboxylic acids is 2. The average molecular weight is 287 g/mol. The van der Waals surface area contributed by atoms with Gasteiger partial charge in [-0.1, -0.05) is 29.6 Å². The molecule has 0 bridgehead atoms. The van der Waals surface area contributed by atoms with Gasteiger partial charge in [-0.3, -0.25) is 20.4 Å². The summed E-state index contributed by atoms with van der Waals surface area (Å²) >= 11 is 11.7. The number of amides is 2. The molecule has 1 aliphatic carbocycles. The molecule has 1 aliphatic rings. The van der Waals surface area contributed by atoms with Crippen molar-refractivity contribution < 1.29 is 9.59 Å². The van der Waals surface area contributed by atoms with E-state index < -0.39 is 5.91 Å². The monoisotopic (exact) mass is 286 g/mol. The zero-order valence-corrected chi connectivity index (χ0v) is 11.0. The lowest BCUT2D eigenvalue weighted by Crippen LogP contribution is -2.46. The van der Waals surface area contributed by atoms with Crippen molar-refractivity contribution in [1.82, 2.24) is 10.9 Å². The molecule has 0 unspecified atom stereocenters. The van der Waals surface area contributed by atoms with Crippen molar-refractivity contribution in [2.45, 2.75) is 19.3 Å². The quantitative estimate of drug-likeness (QED) is 0.821. The minimum Gasteiger partial charge on any atom is -0.273 e. The van der Waals surface area contributed by atoms with Crippen molar-refractivity contribution in [1.29, 1.82) is 0 Å². The van der Waals surface area contributed by atoms with Gasteiger partial charge in [0, 0.05) is 10.9 Å². The predicted octanol–water partition coefficient (Wildman–Crippen LogP) is 2.55. The molecule has 2 amide bonds. The molecular weight excluding hydrogens is 275 g/mol. The second kappa shape index (κ2) is 5.59. The van der Waals surface area contributed by atoms with E-state index in [0.717, 1.165) is 19.3 Å². The van der Waals surface area contributed by atoms with E-state index in [-0.39, 0.29) is 22.4 Å². The Morgan fingerprint density at radius 3 is 2.50 bits per heavy atom. The van der Waals surface area contributed by atoms with Crippen LogP contribution >= 0.6 is 23.2 Å². The molecule has 0 radical (unpaired) electrons. The van der Waals surface area contributed by atoms with E-state index in [1.54, 1.807) is 6.07 Å². The number of carbonyl (C=O) groups is 2. The molecular formula is C12H12Cl2N2O2. The summed E-state index contributed by atoms with van der Waals surface area (Å²) < 4.78 is 0. The Morgan fingerprint density at radius 2 is 1.89 bits per heavy atom. The van der Waals surface area contributed by atoms with Crippen LogP contribution in [0.2, 0.25) is 10.0 Å². The van der Waals surface area contributed by atoms with Gasteiger partial charge in [-0.05, 0) is 31.0 Å². The first kappa shape index (κ1) is 13.2. The number of hydrazine groups is 1. The molecule has 1 fully saturated rings. The Bertz CT molecular complexity index is 487. The summed E-state index contributed by atoms with van der Waals surface area (Å²) in [6, 6.07) is 4.58. The van der Waals surface area contributed by atoms with Gasteiger partial charge in [0.15, 0.2) is 0 Å². The number of hydrogen-bond acceptors (Lipinski definition) is 2. The first-order valence-electron chi connectivity index (χ1n) is 5.63. The molecule has 1 aromatic rings. The molecule has 18 heavy (non-hydrogen) atoms. The lowest BCUT2D eigenvalue weighted by Gasteiger charge is -2.24. The normalized spacial score (nSPS) is 14.8. The highest BCUT2D eigenvalue weighted by atomic mass is 35.5. The molecule has 0 aliphatic heterocycles. The molecule has 0 heterocycles. The fourth-order valence-electron chi connectivity index (χ4n) is 1.63. The lowest BCUT2D eigenvalue weighted by molar-refractivity contribution is -0.128. The van der Waals surface area contributed by atoms with E-state index in [1.165, 1.54) is 12.1 Å². The van der Waals surface area contributed by atoms with Crippen LogP contribution in [0.15, 0.2) is 18.2 Å². The zero-order chi connectivity index (χ0) is 13.1. The first-order valence-corrected chi connectivity index (χ1v) is 6.39. The Morgan fingerprint density at radius 1 is 1.17 bits per heavy atom. The van der Waals surface area contributed by atoms with Crippen molar-refractivity contribution in [2.24, 2.45) is 5.92 Å². The smallest absolute Gasteiger partial charge is 0.271 e. The molecule has 2 N–H and O–H groups in total. The molecule has 0 aromatic heterocycles. The molecule has 0 spiro atoms. The molecule has 0 atom stereocenters. The summed E-state index contributed by atoms with van der Waals surface area (Å²) in [6.45, 7) is 0. The molecule has 96 valence electrons. The van der Waals surface area contributed by atoms with Gasteiger partial charge in [-0.15, -0.1) is 0 Å². The number of hydrogen-bond donors (Lipinski definition) is 2.